The van der Waals surface area contributed by atoms with Crippen LogP contribution in [0.25, 0.3) is 0 Å². The van der Waals surface area contributed by atoms with E-state index >= 15 is 0 Å². The molecule has 2 aromatic carbocycles. The van der Waals surface area contributed by atoms with E-state index in [4.69, 9.17) is 0 Å². The van der Waals surface area contributed by atoms with Crippen molar-refractivity contribution in [1.82, 2.24) is 15.2 Å². The van der Waals surface area contributed by atoms with Gasteiger partial charge in [0, 0.05) is 12.7 Å². The summed E-state index contributed by atoms with van der Waals surface area (Å²) < 4.78 is 42.0. The van der Waals surface area contributed by atoms with Crippen LogP contribution in [0, 0.1) is 17.1 Å². The fraction of sp³-hybridized carbons (Fsp3) is 0.231. The molecule has 0 saturated carbocycles. The van der Waals surface area contributed by atoms with Crippen molar-refractivity contribution in [2.45, 2.75) is 24.4 Å². The average molecular weight is 493 g/mol. The van der Waals surface area contributed by atoms with E-state index in [-0.39, 0.29) is 23.5 Å². The molecule has 10 heteroatoms. The van der Waals surface area contributed by atoms with Crippen LogP contribution in [0.2, 0.25) is 0 Å². The van der Waals surface area contributed by atoms with Gasteiger partial charge in [-0.1, -0.05) is 42.5 Å². The van der Waals surface area contributed by atoms with Crippen molar-refractivity contribution >= 4 is 17.5 Å². The molecule has 2 heterocycles. The summed E-state index contributed by atoms with van der Waals surface area (Å²) in [4.78, 5) is 30.7. The van der Waals surface area contributed by atoms with E-state index in [0.29, 0.717) is 5.69 Å². The molecule has 0 spiro atoms. The molecule has 4 rings (SSSR count). The summed E-state index contributed by atoms with van der Waals surface area (Å²) >= 11 is 0. The van der Waals surface area contributed by atoms with E-state index in [1.165, 1.54) is 42.7 Å². The molecule has 3 aromatic rings. The lowest BCUT2D eigenvalue weighted by Gasteiger charge is -2.32. The average Bonchev–Trinajstić information content (AvgIpc) is 3.19. The molecule has 36 heavy (non-hydrogen) atoms. The number of anilines is 1. The molecule has 0 radical (unpaired) electrons. The van der Waals surface area contributed by atoms with Gasteiger partial charge in [-0.05, 0) is 29.3 Å². The summed E-state index contributed by atoms with van der Waals surface area (Å²) in [5, 5.41) is 15.4. The molecular formula is C26H22F3N5O2. The van der Waals surface area contributed by atoms with Gasteiger partial charge in [0.1, 0.15) is 5.82 Å². The minimum absolute atomic E-state index is 0.182. The van der Waals surface area contributed by atoms with Crippen LogP contribution in [0.1, 0.15) is 27.9 Å². The molecule has 1 aliphatic rings. The molecule has 1 unspecified atom stereocenters. The van der Waals surface area contributed by atoms with Crippen LogP contribution >= 0.6 is 0 Å². The lowest BCUT2D eigenvalue weighted by atomic mass is 9.88. The van der Waals surface area contributed by atoms with Crippen LogP contribution in [0.15, 0.2) is 73.1 Å². The largest absolute Gasteiger partial charge is 0.379 e. The predicted octanol–water partition coefficient (Wildman–Crippen LogP) is 3.85. The molecule has 2 amide bonds. The van der Waals surface area contributed by atoms with Crippen LogP contribution < -0.4 is 10.6 Å². The van der Waals surface area contributed by atoms with Gasteiger partial charge >= 0.3 is 0 Å². The topological polar surface area (TPSA) is 98.1 Å². The molecule has 7 nitrogen and oxygen atoms in total. The molecule has 1 saturated heterocycles. The van der Waals surface area contributed by atoms with Crippen molar-refractivity contribution in [3.8, 4) is 6.07 Å². The quantitative estimate of drug-likeness (QED) is 0.521. The number of nitrogens with one attached hydrogen (secondary N) is 2. The van der Waals surface area contributed by atoms with Crippen LogP contribution in [0.4, 0.5) is 18.9 Å². The smallest absolute Gasteiger partial charge is 0.269 e. The molecule has 0 aliphatic carbocycles. The second-order valence-electron chi connectivity index (χ2n) is 8.43. The predicted molar refractivity (Wildman–Crippen MR) is 125 cm³/mol. The zero-order chi connectivity index (χ0) is 25.8. The molecule has 1 aliphatic heterocycles. The standard InChI is InChI=1S/C26H22F3N5O2/c27-20-8-6-18(7-9-20)12-32-22-13-31-11-10-21(22)24(36)33-14-23(35)34-17-26(28,29)15-25(34,16-30)19-4-2-1-3-5-19/h1-11,13,32H,12,14-15,17H2,(H,33,36). The first-order chi connectivity index (χ1) is 17.2. The summed E-state index contributed by atoms with van der Waals surface area (Å²) in [6.45, 7) is -1.22. The maximum absolute atomic E-state index is 14.4. The van der Waals surface area contributed by atoms with Crippen molar-refractivity contribution in [3.63, 3.8) is 0 Å². The number of rotatable bonds is 7. The first kappa shape index (κ1) is 24.7. The molecule has 1 atom stereocenters. The Hall–Kier alpha value is -4.39. The summed E-state index contributed by atoms with van der Waals surface area (Å²) in [5.74, 6) is -5.05. The number of benzene rings is 2. The lowest BCUT2D eigenvalue weighted by molar-refractivity contribution is -0.133. The third-order valence-electron chi connectivity index (χ3n) is 5.96. The van der Waals surface area contributed by atoms with E-state index in [0.717, 1.165) is 10.5 Å². The van der Waals surface area contributed by atoms with Crippen LogP contribution in [-0.4, -0.2) is 40.7 Å². The van der Waals surface area contributed by atoms with E-state index < -0.39 is 42.8 Å². The van der Waals surface area contributed by atoms with Crippen molar-refractivity contribution in [1.29, 1.82) is 5.26 Å². The third kappa shape index (κ3) is 5.15. The van der Waals surface area contributed by atoms with E-state index in [9.17, 15) is 28.0 Å². The van der Waals surface area contributed by atoms with Crippen LogP contribution in [0.5, 0.6) is 0 Å². The zero-order valence-corrected chi connectivity index (χ0v) is 19.0. The number of halogens is 3. The molecule has 184 valence electrons. The van der Waals surface area contributed by atoms with Gasteiger partial charge in [0.25, 0.3) is 11.8 Å². The lowest BCUT2D eigenvalue weighted by Crippen LogP contribution is -2.48. The summed E-state index contributed by atoms with van der Waals surface area (Å²) in [6.07, 6.45) is 2.00. The highest BCUT2D eigenvalue weighted by Gasteiger charge is 2.58. The second kappa shape index (κ2) is 10.1. The number of carbonyl (C=O) groups excluding carboxylic acids is 2. The van der Waals surface area contributed by atoms with Crippen molar-refractivity contribution in [3.05, 3.63) is 95.6 Å². The highest BCUT2D eigenvalue weighted by Crippen LogP contribution is 2.45. The van der Waals surface area contributed by atoms with Gasteiger partial charge in [0.15, 0.2) is 5.54 Å². The summed E-state index contributed by atoms with van der Waals surface area (Å²) in [7, 11) is 0. The van der Waals surface area contributed by atoms with Gasteiger partial charge < -0.3 is 15.5 Å². The third-order valence-corrected chi connectivity index (χ3v) is 5.96. The Bertz CT molecular complexity index is 1290. The molecule has 1 aromatic heterocycles. The van der Waals surface area contributed by atoms with Crippen molar-refractivity contribution < 1.29 is 22.8 Å². The monoisotopic (exact) mass is 493 g/mol. The maximum Gasteiger partial charge on any atom is 0.269 e. The Kier molecular flexibility index (Phi) is 6.92. The number of carbonyl (C=O) groups is 2. The Morgan fingerprint density at radius 3 is 2.50 bits per heavy atom. The van der Waals surface area contributed by atoms with Crippen LogP contribution in [-0.2, 0) is 16.9 Å². The van der Waals surface area contributed by atoms with E-state index in [1.807, 2.05) is 6.07 Å². The van der Waals surface area contributed by atoms with E-state index in [1.54, 1.807) is 30.3 Å². The summed E-state index contributed by atoms with van der Waals surface area (Å²) in [5.41, 5.74) is -0.238. The molecule has 0 bridgehead atoms. The van der Waals surface area contributed by atoms with Gasteiger partial charge in [-0.15, -0.1) is 0 Å². The van der Waals surface area contributed by atoms with Crippen molar-refractivity contribution in [2.24, 2.45) is 0 Å². The van der Waals surface area contributed by atoms with Crippen molar-refractivity contribution in [2.75, 3.05) is 18.4 Å². The second-order valence-corrected chi connectivity index (χ2v) is 8.43. The fourth-order valence-corrected chi connectivity index (χ4v) is 4.21. The van der Waals surface area contributed by atoms with Gasteiger partial charge in [-0.25, -0.2) is 13.2 Å². The SMILES string of the molecule is N#CC1(c2ccccc2)CC(F)(F)CN1C(=O)CNC(=O)c1ccncc1NCc1ccc(F)cc1. The summed E-state index contributed by atoms with van der Waals surface area (Å²) in [6, 6.07) is 17.1. The van der Waals surface area contributed by atoms with Gasteiger partial charge in [0.2, 0.25) is 5.91 Å². The Morgan fingerprint density at radius 2 is 1.81 bits per heavy atom. The first-order valence-corrected chi connectivity index (χ1v) is 11.1. The number of nitriles is 1. The number of hydrogen-bond donors (Lipinski definition) is 2. The van der Waals surface area contributed by atoms with E-state index in [2.05, 4.69) is 15.6 Å². The fourth-order valence-electron chi connectivity index (χ4n) is 4.21. The van der Waals surface area contributed by atoms with Gasteiger partial charge in [-0.2, -0.15) is 5.26 Å². The molecule has 1 fully saturated rings. The number of hydrogen-bond acceptors (Lipinski definition) is 5. The Morgan fingerprint density at radius 1 is 1.08 bits per heavy atom. The molecule has 2 N–H and O–H groups in total. The highest BCUT2D eigenvalue weighted by atomic mass is 19.3. The number of likely N-dealkylation sites (tertiary alicyclic amines) is 1. The van der Waals surface area contributed by atoms with Gasteiger partial charge in [-0.3, -0.25) is 14.6 Å². The minimum Gasteiger partial charge on any atom is -0.379 e. The van der Waals surface area contributed by atoms with Crippen LogP contribution in [0.3, 0.4) is 0 Å². The molecular weight excluding hydrogens is 471 g/mol. The number of nitrogens with zero attached hydrogens (tertiary/aromatic N) is 3. The Balaban J connectivity index is 1.47. The number of alkyl halides is 2. The number of aromatic nitrogens is 1. The maximum atomic E-state index is 14.4. The zero-order valence-electron chi connectivity index (χ0n) is 19.0. The number of amides is 2. The van der Waals surface area contributed by atoms with Gasteiger partial charge in [0.05, 0.1) is 43.0 Å². The first-order valence-electron chi connectivity index (χ1n) is 11.1. The highest BCUT2D eigenvalue weighted by molar-refractivity contribution is 6.01. The minimum atomic E-state index is -3.26. The number of pyridine rings is 1. The normalized spacial score (nSPS) is 18.3. The Labute approximate surface area is 205 Å².